The van der Waals surface area contributed by atoms with Gasteiger partial charge in [0.1, 0.15) is 7.05 Å². The van der Waals surface area contributed by atoms with Gasteiger partial charge in [-0.05, 0) is 12.1 Å². The number of carbonyl (C=O) groups is 4. The molecule has 1 aromatic carbocycles. The Labute approximate surface area is 289 Å². The molecule has 270 valence electrons. The van der Waals surface area contributed by atoms with Gasteiger partial charge in [-0.2, -0.15) is 4.57 Å². The van der Waals surface area contributed by atoms with Crippen LogP contribution in [0.5, 0.6) is 0 Å². The van der Waals surface area contributed by atoms with Gasteiger partial charge in [0.15, 0.2) is 25.3 Å². The van der Waals surface area contributed by atoms with Crippen LogP contribution in [-0.4, -0.2) is 94.9 Å². The van der Waals surface area contributed by atoms with Gasteiger partial charge < -0.3 is 18.9 Å². The number of ether oxygens (including phenoxy) is 4. The Kier molecular flexibility index (Phi) is 29.0. The van der Waals surface area contributed by atoms with E-state index in [1.165, 1.54) is 28.4 Å². The summed E-state index contributed by atoms with van der Waals surface area (Å²) < 4.78 is 21.3. The highest BCUT2D eigenvalue weighted by molar-refractivity contribution is 5.75. The van der Waals surface area contributed by atoms with Gasteiger partial charge in [-0.3, -0.25) is 19.0 Å². The minimum absolute atomic E-state index is 0.0176. The summed E-state index contributed by atoms with van der Waals surface area (Å²) in [6.07, 6.45) is 0. The van der Waals surface area contributed by atoms with Crippen LogP contribution in [0.25, 0.3) is 0 Å². The fraction of sp³-hybridized carbons (Fsp3) is 0.541. The van der Waals surface area contributed by atoms with Crippen LogP contribution in [0.15, 0.2) is 42.5 Å². The highest BCUT2D eigenvalue weighted by Gasteiger charge is 2.34. The molecule has 1 aromatic heterocycles. The third-order valence-electron chi connectivity index (χ3n) is 6.20. The van der Waals surface area contributed by atoms with Crippen molar-refractivity contribution < 1.29 is 47.2 Å². The van der Waals surface area contributed by atoms with E-state index in [0.29, 0.717) is 5.56 Å². The quantitative estimate of drug-likeness (QED) is 0.106. The molecule has 2 aromatic rings. The highest BCUT2D eigenvalue weighted by Crippen LogP contribution is 2.14. The van der Waals surface area contributed by atoms with Crippen LogP contribution in [-0.2, 0) is 58.3 Å². The van der Waals surface area contributed by atoms with E-state index in [-0.39, 0.29) is 43.8 Å². The van der Waals surface area contributed by atoms with E-state index in [2.05, 4.69) is 11.8 Å². The zero-order valence-corrected chi connectivity index (χ0v) is 31.9. The molecule has 0 bridgehead atoms. The molecule has 11 nitrogen and oxygen atoms in total. The maximum atomic E-state index is 12.3. The Balaban J connectivity index is -0.00000235. The van der Waals surface area contributed by atoms with E-state index in [4.69, 9.17) is 18.9 Å². The van der Waals surface area contributed by atoms with Crippen molar-refractivity contribution in [1.29, 1.82) is 0 Å². The molecule has 11 heteroatoms. The number of nitrogens with zero attached hydrogens (tertiary/aromatic N) is 3. The lowest BCUT2D eigenvalue weighted by Crippen LogP contribution is -2.54. The summed E-state index contributed by atoms with van der Waals surface area (Å²) in [7, 11) is 8.72. The van der Waals surface area contributed by atoms with E-state index in [1.807, 2.05) is 109 Å². The molecule has 0 fully saturated rings. The van der Waals surface area contributed by atoms with Crippen LogP contribution in [0.4, 0.5) is 0 Å². The van der Waals surface area contributed by atoms with Crippen molar-refractivity contribution in [2.45, 2.75) is 68.5 Å². The standard InChI is InChI=1S/C29H37N3O8.4C2H6/c1-30-24(16-31(17-26(33)37-3)18-27(34)38-4)14-23(13-12-22-10-8-7-9-11-22)15-25(30)19-32(2,20-28(35)39-5)21-29(36)40-6;4*1-2/h7-11,14-15H,16-21H2,1-6H3;4*1-2H3/q+2;;;;. The number of methoxy groups -OCH3 is 4. The molecule has 0 aliphatic rings. The monoisotopic (exact) mass is 675 g/mol. The molecular formula is C37H61N3O8+2. The van der Waals surface area contributed by atoms with Crippen LogP contribution >= 0.6 is 0 Å². The molecule has 0 saturated carbocycles. The van der Waals surface area contributed by atoms with Gasteiger partial charge >= 0.3 is 23.9 Å². The molecule has 0 radical (unpaired) electrons. The summed E-state index contributed by atoms with van der Waals surface area (Å²) in [6.45, 7) is 16.0. The molecule has 0 spiro atoms. The molecule has 0 atom stereocenters. The Morgan fingerprint density at radius 2 is 1.04 bits per heavy atom. The average molecular weight is 676 g/mol. The third kappa shape index (κ3) is 19.4. The third-order valence-corrected chi connectivity index (χ3v) is 6.20. The van der Waals surface area contributed by atoms with Gasteiger partial charge in [0.2, 0.25) is 5.69 Å². The summed E-state index contributed by atoms with van der Waals surface area (Å²) in [5.41, 5.74) is 2.98. The molecular weight excluding hydrogens is 614 g/mol. The highest BCUT2D eigenvalue weighted by atomic mass is 16.5. The predicted octanol–water partition coefficient (Wildman–Crippen LogP) is 4.46. The summed E-state index contributed by atoms with van der Waals surface area (Å²) in [5.74, 6) is 4.36. The number of hydrogen-bond donors (Lipinski definition) is 0. The second-order valence-corrected chi connectivity index (χ2v) is 9.45. The van der Waals surface area contributed by atoms with E-state index < -0.39 is 23.9 Å². The van der Waals surface area contributed by atoms with Gasteiger partial charge in [-0.25, -0.2) is 9.59 Å². The van der Waals surface area contributed by atoms with Crippen molar-refractivity contribution in [3.05, 3.63) is 65.0 Å². The van der Waals surface area contributed by atoms with Crippen molar-refractivity contribution in [3.8, 4) is 11.8 Å². The molecule has 0 unspecified atom stereocenters. The van der Waals surface area contributed by atoms with Crippen LogP contribution in [0.1, 0.15) is 77.9 Å². The van der Waals surface area contributed by atoms with Gasteiger partial charge in [0.25, 0.3) is 0 Å². The first-order valence-corrected chi connectivity index (χ1v) is 16.4. The number of pyridine rings is 1. The maximum Gasteiger partial charge on any atom is 0.361 e. The minimum atomic E-state index is -0.507. The van der Waals surface area contributed by atoms with Crippen LogP contribution in [0.3, 0.4) is 0 Å². The van der Waals surface area contributed by atoms with Gasteiger partial charge in [0, 0.05) is 23.3 Å². The summed E-state index contributed by atoms with van der Waals surface area (Å²) in [5, 5.41) is 0. The second kappa shape index (κ2) is 28.9. The molecule has 1 heterocycles. The van der Waals surface area contributed by atoms with Crippen molar-refractivity contribution in [2.75, 3.05) is 61.7 Å². The molecule has 0 aliphatic carbocycles. The normalized spacial score (nSPS) is 9.48. The topological polar surface area (TPSA) is 112 Å². The zero-order valence-electron chi connectivity index (χ0n) is 31.9. The van der Waals surface area contributed by atoms with Gasteiger partial charge in [0.05, 0.1) is 55.1 Å². The number of rotatable bonds is 12. The summed E-state index contributed by atoms with van der Waals surface area (Å²) in [6, 6.07) is 13.2. The maximum absolute atomic E-state index is 12.3. The van der Waals surface area contributed by atoms with E-state index in [0.717, 1.165) is 17.0 Å². The largest absolute Gasteiger partial charge is 0.468 e. The van der Waals surface area contributed by atoms with Crippen LogP contribution < -0.4 is 4.57 Å². The Hall–Kier alpha value is -4.27. The summed E-state index contributed by atoms with van der Waals surface area (Å²) in [4.78, 5) is 50.3. The number of hydrogen-bond acceptors (Lipinski definition) is 9. The lowest BCUT2D eigenvalue weighted by molar-refractivity contribution is -0.917. The zero-order chi connectivity index (χ0) is 37.7. The molecule has 0 N–H and O–H groups in total. The van der Waals surface area contributed by atoms with Crippen molar-refractivity contribution >= 4 is 23.9 Å². The number of likely N-dealkylation sites (N-methyl/N-ethyl adjacent to an activating group) is 1. The molecule has 48 heavy (non-hydrogen) atoms. The first-order valence-electron chi connectivity index (χ1n) is 16.4. The van der Waals surface area contributed by atoms with Crippen molar-refractivity contribution in [3.63, 3.8) is 0 Å². The van der Waals surface area contributed by atoms with E-state index in [1.54, 1.807) is 11.9 Å². The molecule has 2 rings (SSSR count). The smallest absolute Gasteiger partial charge is 0.361 e. The predicted molar refractivity (Wildman–Crippen MR) is 188 cm³/mol. The molecule has 0 amide bonds. The molecule has 0 aliphatic heterocycles. The van der Waals surface area contributed by atoms with Crippen molar-refractivity contribution in [1.82, 2.24) is 4.90 Å². The minimum Gasteiger partial charge on any atom is -0.468 e. The van der Waals surface area contributed by atoms with E-state index in [9.17, 15) is 19.2 Å². The number of carbonyl (C=O) groups excluding carboxylic acids is 4. The Morgan fingerprint density at radius 3 is 1.46 bits per heavy atom. The number of benzene rings is 1. The summed E-state index contributed by atoms with van der Waals surface area (Å²) >= 11 is 0. The lowest BCUT2D eigenvalue weighted by atomic mass is 10.1. The van der Waals surface area contributed by atoms with Gasteiger partial charge in [-0.1, -0.05) is 85.4 Å². The van der Waals surface area contributed by atoms with Crippen molar-refractivity contribution in [2.24, 2.45) is 7.05 Å². The van der Waals surface area contributed by atoms with Crippen LogP contribution in [0.2, 0.25) is 0 Å². The molecule has 0 saturated heterocycles. The lowest BCUT2D eigenvalue weighted by Gasteiger charge is -2.31. The first-order chi connectivity index (χ1) is 23.0. The Morgan fingerprint density at radius 1 is 0.646 bits per heavy atom. The SMILES string of the molecule is CC.CC.CC.CC.COC(=O)CN(CC(=O)OC)Cc1cc(C#Cc2ccccc2)cc(C[N+](C)(CC(=O)OC)CC(=O)OC)[n+]1C. The van der Waals surface area contributed by atoms with E-state index >= 15 is 0 Å². The van der Waals surface area contributed by atoms with Gasteiger partial charge in [-0.15, -0.1) is 0 Å². The number of quaternary nitrogens is 1. The average Bonchev–Trinajstić information content (AvgIpc) is 3.12. The fourth-order valence-corrected chi connectivity index (χ4v) is 4.02. The second-order valence-electron chi connectivity index (χ2n) is 9.45. The number of aromatic nitrogens is 1. The van der Waals surface area contributed by atoms with Crippen LogP contribution in [0, 0.1) is 11.8 Å². The Bertz CT molecular complexity index is 1230. The fourth-order valence-electron chi connectivity index (χ4n) is 4.02. The first kappa shape index (κ1) is 48.1. The number of esters is 4.